The molecule has 0 aliphatic heterocycles. The highest BCUT2D eigenvalue weighted by molar-refractivity contribution is 4.98. The summed E-state index contributed by atoms with van der Waals surface area (Å²) < 4.78 is 38.2. The molecule has 0 radical (unpaired) electrons. The van der Waals surface area contributed by atoms with Gasteiger partial charge in [-0.1, -0.05) is 0 Å². The number of alkyl halides is 3. The zero-order valence-corrected chi connectivity index (χ0v) is 12.3. The van der Waals surface area contributed by atoms with Gasteiger partial charge in [0.05, 0.1) is 11.7 Å². The molecule has 0 aromatic carbocycles. The quantitative estimate of drug-likeness (QED) is 0.884. The molecule has 1 aromatic heterocycles. The van der Waals surface area contributed by atoms with Crippen LogP contribution >= 0.6 is 0 Å². The minimum Gasteiger partial charge on any atom is -0.382 e. The molecule has 1 unspecified atom stereocenters. The first-order valence-electron chi connectivity index (χ1n) is 7.32. The minimum absolute atomic E-state index is 0.0158. The van der Waals surface area contributed by atoms with E-state index in [0.29, 0.717) is 25.7 Å². The average molecular weight is 319 g/mol. The summed E-state index contributed by atoms with van der Waals surface area (Å²) in [5.74, 6) is 0. The van der Waals surface area contributed by atoms with E-state index in [4.69, 9.17) is 5.11 Å². The van der Waals surface area contributed by atoms with Crippen molar-refractivity contribution in [2.75, 3.05) is 6.54 Å². The molecule has 5 nitrogen and oxygen atoms in total. The van der Waals surface area contributed by atoms with Crippen LogP contribution in [-0.2, 0) is 0 Å². The van der Waals surface area contributed by atoms with Crippen LogP contribution in [0.1, 0.15) is 37.4 Å². The first-order chi connectivity index (χ1) is 10.3. The van der Waals surface area contributed by atoms with Crippen LogP contribution in [0.25, 0.3) is 0 Å². The lowest BCUT2D eigenvalue weighted by Gasteiger charge is -2.30. The zero-order valence-electron chi connectivity index (χ0n) is 12.3. The van der Waals surface area contributed by atoms with Gasteiger partial charge >= 0.3 is 6.18 Å². The molecule has 0 saturated heterocycles. The molecule has 0 spiro atoms. The van der Waals surface area contributed by atoms with Crippen LogP contribution < -0.4 is 10.9 Å². The number of nitrogens with zero attached hydrogens (tertiary/aromatic N) is 2. The van der Waals surface area contributed by atoms with Crippen LogP contribution in [0.2, 0.25) is 0 Å². The van der Waals surface area contributed by atoms with Crippen molar-refractivity contribution >= 4 is 0 Å². The first kappa shape index (κ1) is 17.0. The Hall–Kier alpha value is -1.41. The number of hydrogen-bond donors (Lipinski definition) is 2. The molecule has 1 atom stereocenters. The SMILES string of the molecule is Cc1ccc(=O)n(C2CCC(NCC(O)C(F)(F)F)CC2)n1. The Labute approximate surface area is 126 Å². The fraction of sp³-hybridized carbons (Fsp3) is 0.714. The topological polar surface area (TPSA) is 67.2 Å². The molecule has 1 aromatic rings. The fourth-order valence-electron chi connectivity index (χ4n) is 2.70. The van der Waals surface area contributed by atoms with Crippen LogP contribution in [0.4, 0.5) is 13.2 Å². The van der Waals surface area contributed by atoms with Crippen molar-refractivity contribution in [1.29, 1.82) is 0 Å². The number of hydrogen-bond acceptors (Lipinski definition) is 4. The monoisotopic (exact) mass is 319 g/mol. The molecule has 1 aliphatic rings. The van der Waals surface area contributed by atoms with Crippen LogP contribution in [0.3, 0.4) is 0 Å². The largest absolute Gasteiger partial charge is 0.415 e. The van der Waals surface area contributed by atoms with Gasteiger partial charge in [-0.25, -0.2) is 4.68 Å². The van der Waals surface area contributed by atoms with E-state index < -0.39 is 18.8 Å². The maximum Gasteiger partial charge on any atom is 0.415 e. The lowest BCUT2D eigenvalue weighted by molar-refractivity contribution is -0.202. The van der Waals surface area contributed by atoms with Crippen LogP contribution in [0.5, 0.6) is 0 Å². The summed E-state index contributed by atoms with van der Waals surface area (Å²) in [6.45, 7) is 1.31. The third-order valence-corrected chi connectivity index (χ3v) is 3.98. The Morgan fingerprint density at radius 2 is 2.00 bits per heavy atom. The van der Waals surface area contributed by atoms with Gasteiger partial charge in [0.15, 0.2) is 6.10 Å². The molecule has 0 amide bonds. The summed E-state index contributed by atoms with van der Waals surface area (Å²) in [5, 5.41) is 15.9. The second kappa shape index (κ2) is 6.78. The molecule has 22 heavy (non-hydrogen) atoms. The number of rotatable bonds is 4. The predicted molar refractivity (Wildman–Crippen MR) is 74.6 cm³/mol. The average Bonchev–Trinajstić information content (AvgIpc) is 2.47. The van der Waals surface area contributed by atoms with Crippen molar-refractivity contribution in [2.24, 2.45) is 0 Å². The Bertz CT molecular complexity index is 551. The van der Waals surface area contributed by atoms with Crippen molar-refractivity contribution < 1.29 is 18.3 Å². The molecule has 1 heterocycles. The second-order valence-corrected chi connectivity index (χ2v) is 5.73. The van der Waals surface area contributed by atoms with E-state index >= 15 is 0 Å². The number of nitrogens with one attached hydrogen (secondary N) is 1. The summed E-state index contributed by atoms with van der Waals surface area (Å²) in [5.41, 5.74) is 0.600. The summed E-state index contributed by atoms with van der Waals surface area (Å²) in [7, 11) is 0. The molecule has 2 rings (SSSR count). The molecule has 124 valence electrons. The van der Waals surface area contributed by atoms with Gasteiger partial charge in [-0.05, 0) is 38.7 Å². The van der Waals surface area contributed by atoms with Gasteiger partial charge in [0.1, 0.15) is 0 Å². The van der Waals surface area contributed by atoms with Gasteiger partial charge in [0.2, 0.25) is 0 Å². The van der Waals surface area contributed by atoms with Gasteiger partial charge in [0.25, 0.3) is 5.56 Å². The third-order valence-electron chi connectivity index (χ3n) is 3.98. The number of aromatic nitrogens is 2. The highest BCUT2D eigenvalue weighted by Crippen LogP contribution is 2.27. The Balaban J connectivity index is 1.86. The molecule has 0 bridgehead atoms. The summed E-state index contributed by atoms with van der Waals surface area (Å²) in [4.78, 5) is 11.8. The Morgan fingerprint density at radius 1 is 1.36 bits per heavy atom. The minimum atomic E-state index is -4.59. The van der Waals surface area contributed by atoms with Gasteiger partial charge in [0, 0.05) is 18.7 Å². The van der Waals surface area contributed by atoms with Crippen molar-refractivity contribution in [3.8, 4) is 0 Å². The fourth-order valence-corrected chi connectivity index (χ4v) is 2.70. The highest BCUT2D eigenvalue weighted by atomic mass is 19.4. The second-order valence-electron chi connectivity index (χ2n) is 5.73. The van der Waals surface area contributed by atoms with Gasteiger partial charge < -0.3 is 10.4 Å². The zero-order chi connectivity index (χ0) is 16.3. The van der Waals surface area contributed by atoms with Crippen molar-refractivity contribution in [3.05, 3.63) is 28.2 Å². The van der Waals surface area contributed by atoms with Crippen LogP contribution in [0.15, 0.2) is 16.9 Å². The number of aliphatic hydroxyl groups is 1. The molecule has 1 aliphatic carbocycles. The molecule has 1 fully saturated rings. The van der Waals surface area contributed by atoms with Crippen LogP contribution in [-0.4, -0.2) is 39.8 Å². The normalized spacial score (nSPS) is 24.2. The molecular weight excluding hydrogens is 299 g/mol. The lowest BCUT2D eigenvalue weighted by atomic mass is 9.91. The molecular formula is C14H20F3N3O2. The lowest BCUT2D eigenvalue weighted by Crippen LogP contribution is -2.44. The number of aryl methyl sites for hydroxylation is 1. The standard InChI is InChI=1S/C14H20F3N3O2/c1-9-2-7-13(22)20(19-9)11-5-3-10(4-6-11)18-8-12(21)14(15,16)17/h2,7,10-12,18,21H,3-6,8H2,1H3. The maximum atomic E-state index is 12.2. The third kappa shape index (κ3) is 4.30. The van der Waals surface area contributed by atoms with Crippen molar-refractivity contribution in [2.45, 2.75) is 57.0 Å². The highest BCUT2D eigenvalue weighted by Gasteiger charge is 2.38. The van der Waals surface area contributed by atoms with Crippen molar-refractivity contribution in [1.82, 2.24) is 15.1 Å². The van der Waals surface area contributed by atoms with Crippen molar-refractivity contribution in [3.63, 3.8) is 0 Å². The number of aliphatic hydroxyl groups excluding tert-OH is 1. The van der Waals surface area contributed by atoms with E-state index in [9.17, 15) is 18.0 Å². The summed E-state index contributed by atoms with van der Waals surface area (Å²) >= 11 is 0. The van der Waals surface area contributed by atoms with E-state index in [0.717, 1.165) is 5.69 Å². The van der Waals surface area contributed by atoms with Gasteiger partial charge in [-0.15, -0.1) is 0 Å². The number of halogens is 3. The van der Waals surface area contributed by atoms with Gasteiger partial charge in [-0.3, -0.25) is 4.79 Å². The summed E-state index contributed by atoms with van der Waals surface area (Å²) in [6, 6.07) is 3.04. The molecule has 1 saturated carbocycles. The Kier molecular flexibility index (Phi) is 5.23. The Morgan fingerprint density at radius 3 is 2.59 bits per heavy atom. The molecule has 2 N–H and O–H groups in total. The predicted octanol–water partition coefficient (Wildman–Crippen LogP) is 1.55. The van der Waals surface area contributed by atoms with E-state index in [2.05, 4.69) is 10.4 Å². The van der Waals surface area contributed by atoms with E-state index in [-0.39, 0.29) is 17.6 Å². The first-order valence-corrected chi connectivity index (χ1v) is 7.32. The van der Waals surface area contributed by atoms with Gasteiger partial charge in [-0.2, -0.15) is 18.3 Å². The van der Waals surface area contributed by atoms with Crippen LogP contribution in [0, 0.1) is 6.92 Å². The van der Waals surface area contributed by atoms with E-state index in [1.54, 1.807) is 6.07 Å². The van der Waals surface area contributed by atoms with E-state index in [1.165, 1.54) is 10.7 Å². The molecule has 8 heteroatoms. The van der Waals surface area contributed by atoms with E-state index in [1.807, 2.05) is 6.92 Å². The summed E-state index contributed by atoms with van der Waals surface area (Å²) in [6.07, 6.45) is -4.28. The smallest absolute Gasteiger partial charge is 0.382 e. The maximum absolute atomic E-state index is 12.2.